The number of hydrogen-bond donors (Lipinski definition) is 3. The molecule has 0 spiro atoms. The Hall–Kier alpha value is -1.83. The maximum absolute atomic E-state index is 12.0. The van der Waals surface area contributed by atoms with Crippen molar-refractivity contribution in [1.29, 1.82) is 0 Å². The summed E-state index contributed by atoms with van der Waals surface area (Å²) in [5, 5.41) is 11.6. The van der Waals surface area contributed by atoms with E-state index >= 15 is 0 Å². The van der Waals surface area contributed by atoms with Crippen molar-refractivity contribution in [2.75, 3.05) is 12.0 Å². The predicted molar refractivity (Wildman–Crippen MR) is 80.6 cm³/mol. The number of carbonyl (C=O) groups is 2. The van der Waals surface area contributed by atoms with E-state index in [9.17, 15) is 14.4 Å². The zero-order valence-electron chi connectivity index (χ0n) is 12.2. The van der Waals surface area contributed by atoms with Crippen LogP contribution in [0.25, 0.3) is 0 Å². The molecule has 0 aliphatic rings. The molecular weight excluding hydrogens is 294 g/mol. The number of nitrogens with one attached hydrogen (secondary N) is 2. The molecular formula is C13H19N3O4S. The summed E-state index contributed by atoms with van der Waals surface area (Å²) in [6.45, 7) is 3.33. The lowest BCUT2D eigenvalue weighted by Crippen LogP contribution is -2.42. The van der Waals surface area contributed by atoms with Gasteiger partial charge in [-0.15, -0.1) is 0 Å². The summed E-state index contributed by atoms with van der Waals surface area (Å²) < 4.78 is 0. The molecule has 1 rings (SSSR count). The van der Waals surface area contributed by atoms with Gasteiger partial charge in [-0.1, -0.05) is 0 Å². The van der Waals surface area contributed by atoms with Crippen molar-refractivity contribution in [3.05, 3.63) is 27.4 Å². The van der Waals surface area contributed by atoms with Crippen molar-refractivity contribution in [1.82, 2.24) is 15.3 Å². The lowest BCUT2D eigenvalue weighted by Gasteiger charge is -2.15. The molecule has 1 aromatic heterocycles. The first-order valence-electron chi connectivity index (χ1n) is 6.42. The SMILES string of the molecule is CSCCC(NC(=O)Cc1c(C)nc(=O)[nH]c1C)C(=O)O. The quantitative estimate of drug-likeness (QED) is 0.665. The maximum atomic E-state index is 12.0. The molecule has 0 bridgehead atoms. The first-order chi connectivity index (χ1) is 9.85. The predicted octanol–water partition coefficient (Wildman–Crippen LogP) is 0.252. The minimum absolute atomic E-state index is 0.00943. The van der Waals surface area contributed by atoms with Gasteiger partial charge >= 0.3 is 11.7 Å². The number of H-pyrrole nitrogens is 1. The summed E-state index contributed by atoms with van der Waals surface area (Å²) in [5.74, 6) is -0.802. The smallest absolute Gasteiger partial charge is 0.345 e. The Labute approximate surface area is 126 Å². The highest BCUT2D eigenvalue weighted by Crippen LogP contribution is 2.08. The van der Waals surface area contributed by atoms with E-state index in [1.807, 2.05) is 6.26 Å². The van der Waals surface area contributed by atoms with Crippen molar-refractivity contribution in [3.63, 3.8) is 0 Å². The third-order valence-corrected chi connectivity index (χ3v) is 3.68. The van der Waals surface area contributed by atoms with Gasteiger partial charge in [0, 0.05) is 17.0 Å². The first kappa shape index (κ1) is 17.2. The number of thioether (sulfide) groups is 1. The molecule has 1 unspecified atom stereocenters. The number of aromatic amines is 1. The molecule has 0 aliphatic heterocycles. The van der Waals surface area contributed by atoms with Gasteiger partial charge in [-0.3, -0.25) is 4.79 Å². The number of amides is 1. The van der Waals surface area contributed by atoms with Crippen molar-refractivity contribution >= 4 is 23.6 Å². The average molecular weight is 313 g/mol. The molecule has 1 aromatic rings. The minimum Gasteiger partial charge on any atom is -0.480 e. The molecule has 1 atom stereocenters. The Morgan fingerprint density at radius 2 is 2.10 bits per heavy atom. The van der Waals surface area contributed by atoms with Crippen LogP contribution in [0.15, 0.2) is 4.79 Å². The Morgan fingerprint density at radius 1 is 1.43 bits per heavy atom. The van der Waals surface area contributed by atoms with E-state index in [-0.39, 0.29) is 6.42 Å². The Morgan fingerprint density at radius 3 is 2.62 bits per heavy atom. The molecule has 0 fully saturated rings. The molecule has 0 saturated heterocycles. The maximum Gasteiger partial charge on any atom is 0.345 e. The molecule has 0 aromatic carbocycles. The monoisotopic (exact) mass is 313 g/mol. The summed E-state index contributed by atoms with van der Waals surface area (Å²) in [6.07, 6.45) is 2.23. The number of hydrogen-bond acceptors (Lipinski definition) is 5. The number of aliphatic carboxylic acids is 1. The van der Waals surface area contributed by atoms with Crippen LogP contribution in [0.3, 0.4) is 0 Å². The van der Waals surface area contributed by atoms with E-state index in [2.05, 4.69) is 15.3 Å². The average Bonchev–Trinajstić information content (AvgIpc) is 2.38. The van der Waals surface area contributed by atoms with Gasteiger partial charge in [-0.2, -0.15) is 16.7 Å². The first-order valence-corrected chi connectivity index (χ1v) is 7.82. The van der Waals surface area contributed by atoms with Gasteiger partial charge in [-0.05, 0) is 32.3 Å². The van der Waals surface area contributed by atoms with Gasteiger partial charge < -0.3 is 15.4 Å². The normalized spacial score (nSPS) is 12.0. The van der Waals surface area contributed by atoms with Crippen molar-refractivity contribution in [3.8, 4) is 0 Å². The van der Waals surface area contributed by atoms with Crippen LogP contribution in [0.2, 0.25) is 0 Å². The van der Waals surface area contributed by atoms with E-state index in [1.165, 1.54) is 11.8 Å². The standard InChI is InChI=1S/C13H19N3O4S/c1-7-9(8(2)15-13(20)14-7)6-11(17)16-10(12(18)19)4-5-21-3/h10H,4-6H2,1-3H3,(H,16,17)(H,18,19)(H,14,15,20). The Bertz CT molecular complexity index is 559. The molecule has 0 aliphatic carbocycles. The van der Waals surface area contributed by atoms with Gasteiger partial charge in [0.15, 0.2) is 0 Å². The number of carboxylic acid groups (broad SMARTS) is 1. The second-order valence-electron chi connectivity index (χ2n) is 4.65. The number of nitrogens with zero attached hydrogens (tertiary/aromatic N) is 1. The van der Waals surface area contributed by atoms with Crippen LogP contribution in [0, 0.1) is 13.8 Å². The number of aryl methyl sites for hydroxylation is 2. The van der Waals surface area contributed by atoms with E-state index in [1.54, 1.807) is 13.8 Å². The number of rotatable bonds is 7. The molecule has 116 valence electrons. The van der Waals surface area contributed by atoms with E-state index in [0.717, 1.165) is 0 Å². The van der Waals surface area contributed by atoms with Gasteiger partial charge in [0.05, 0.1) is 6.42 Å². The van der Waals surface area contributed by atoms with Crippen LogP contribution in [-0.4, -0.2) is 45.0 Å². The molecule has 0 radical (unpaired) electrons. The largest absolute Gasteiger partial charge is 0.480 e. The Kier molecular flexibility index (Phi) is 6.41. The van der Waals surface area contributed by atoms with Crippen molar-refractivity contribution in [2.45, 2.75) is 32.7 Å². The second-order valence-corrected chi connectivity index (χ2v) is 5.63. The zero-order valence-corrected chi connectivity index (χ0v) is 13.0. The molecule has 0 saturated carbocycles. The molecule has 3 N–H and O–H groups in total. The van der Waals surface area contributed by atoms with Crippen molar-refractivity contribution in [2.24, 2.45) is 0 Å². The molecule has 8 heteroatoms. The van der Waals surface area contributed by atoms with Crippen LogP contribution < -0.4 is 11.0 Å². The van der Waals surface area contributed by atoms with Crippen LogP contribution >= 0.6 is 11.8 Å². The molecule has 1 amide bonds. The lowest BCUT2D eigenvalue weighted by molar-refractivity contribution is -0.141. The fourth-order valence-corrected chi connectivity index (χ4v) is 2.39. The van der Waals surface area contributed by atoms with Crippen LogP contribution in [0.5, 0.6) is 0 Å². The highest BCUT2D eigenvalue weighted by atomic mass is 32.2. The minimum atomic E-state index is -1.05. The fraction of sp³-hybridized carbons (Fsp3) is 0.538. The molecule has 1 heterocycles. The third kappa shape index (κ3) is 5.22. The van der Waals surface area contributed by atoms with Crippen molar-refractivity contribution < 1.29 is 14.7 Å². The van der Waals surface area contributed by atoms with Gasteiger partial charge in [0.25, 0.3) is 0 Å². The highest BCUT2D eigenvalue weighted by Gasteiger charge is 2.20. The van der Waals surface area contributed by atoms with Crippen LogP contribution in [0.1, 0.15) is 23.4 Å². The Balaban J connectivity index is 2.77. The second kappa shape index (κ2) is 7.82. The highest BCUT2D eigenvalue weighted by molar-refractivity contribution is 7.98. The number of carbonyl (C=O) groups excluding carboxylic acids is 1. The zero-order chi connectivity index (χ0) is 16.0. The molecule has 21 heavy (non-hydrogen) atoms. The van der Waals surface area contributed by atoms with Gasteiger partial charge in [0.1, 0.15) is 6.04 Å². The lowest BCUT2D eigenvalue weighted by atomic mass is 10.1. The topological polar surface area (TPSA) is 112 Å². The van der Waals surface area contributed by atoms with E-state index in [4.69, 9.17) is 5.11 Å². The summed E-state index contributed by atoms with van der Waals surface area (Å²) in [4.78, 5) is 40.5. The summed E-state index contributed by atoms with van der Waals surface area (Å²) in [7, 11) is 0. The third-order valence-electron chi connectivity index (χ3n) is 3.03. The van der Waals surface area contributed by atoms with Gasteiger partial charge in [0.2, 0.25) is 5.91 Å². The summed E-state index contributed by atoms with van der Waals surface area (Å²) in [6, 6.07) is -0.902. The number of carboxylic acids is 1. The van der Waals surface area contributed by atoms with Crippen LogP contribution in [-0.2, 0) is 16.0 Å². The fourth-order valence-electron chi connectivity index (χ4n) is 1.91. The molecule has 7 nitrogen and oxygen atoms in total. The van der Waals surface area contributed by atoms with E-state index in [0.29, 0.717) is 29.1 Å². The van der Waals surface area contributed by atoms with Crippen LogP contribution in [0.4, 0.5) is 0 Å². The number of aromatic nitrogens is 2. The van der Waals surface area contributed by atoms with Gasteiger partial charge in [-0.25, -0.2) is 9.59 Å². The summed E-state index contributed by atoms with van der Waals surface area (Å²) in [5.41, 5.74) is 1.19. The van der Waals surface area contributed by atoms with E-state index < -0.39 is 23.6 Å². The summed E-state index contributed by atoms with van der Waals surface area (Å²) >= 11 is 1.52.